The van der Waals surface area contributed by atoms with Crippen LogP contribution in [0.1, 0.15) is 68.9 Å². The summed E-state index contributed by atoms with van der Waals surface area (Å²) in [6.07, 6.45) is 9.86. The maximum absolute atomic E-state index is 13.1. The molecule has 4 amide bonds. The molecule has 10 heteroatoms. The second kappa shape index (κ2) is 14.4. The zero-order valence-corrected chi connectivity index (χ0v) is 27.1. The molecule has 2 saturated heterocycles. The van der Waals surface area contributed by atoms with Crippen molar-refractivity contribution in [2.75, 3.05) is 23.7 Å². The average molecular weight is 643 g/mol. The van der Waals surface area contributed by atoms with Gasteiger partial charge in [-0.3, -0.25) is 29.1 Å². The fraction of sp³-hybridized carbons (Fsp3) is 0.263. The van der Waals surface area contributed by atoms with Gasteiger partial charge in [-0.1, -0.05) is 48.6 Å². The number of nitrogens with zero attached hydrogens (tertiary/aromatic N) is 4. The van der Waals surface area contributed by atoms with Crippen molar-refractivity contribution in [1.29, 1.82) is 0 Å². The summed E-state index contributed by atoms with van der Waals surface area (Å²) in [5.41, 5.74) is 5.55. The van der Waals surface area contributed by atoms with Crippen LogP contribution in [-0.4, -0.2) is 68.6 Å². The maximum Gasteiger partial charge on any atom is 0.273 e. The Balaban J connectivity index is 1.02. The van der Waals surface area contributed by atoms with E-state index in [0.717, 1.165) is 35.1 Å². The second-order valence-electron chi connectivity index (χ2n) is 12.2. The second-order valence-corrected chi connectivity index (χ2v) is 12.2. The van der Waals surface area contributed by atoms with E-state index in [9.17, 15) is 19.2 Å². The smallest absolute Gasteiger partial charge is 0.273 e. The summed E-state index contributed by atoms with van der Waals surface area (Å²) in [5, 5.41) is 5.92. The van der Waals surface area contributed by atoms with Gasteiger partial charge in [0.1, 0.15) is 23.5 Å². The van der Waals surface area contributed by atoms with Crippen molar-refractivity contribution in [2.24, 2.45) is 0 Å². The molecule has 2 fully saturated rings. The van der Waals surface area contributed by atoms with Crippen LogP contribution in [0.4, 0.5) is 11.4 Å². The Kier molecular flexibility index (Phi) is 9.70. The van der Waals surface area contributed by atoms with Crippen LogP contribution in [0, 0.1) is 13.8 Å². The number of anilines is 2. The van der Waals surface area contributed by atoms with Gasteiger partial charge in [-0.05, 0) is 98.2 Å². The van der Waals surface area contributed by atoms with Crippen molar-refractivity contribution in [3.63, 3.8) is 0 Å². The third kappa shape index (κ3) is 7.17. The van der Waals surface area contributed by atoms with E-state index in [2.05, 4.69) is 20.6 Å². The van der Waals surface area contributed by atoms with Crippen molar-refractivity contribution < 1.29 is 19.2 Å². The quantitative estimate of drug-likeness (QED) is 0.236. The molecule has 0 bridgehead atoms. The number of carbonyl (C=O) groups excluding carboxylic acids is 4. The van der Waals surface area contributed by atoms with Gasteiger partial charge in [0.25, 0.3) is 11.8 Å². The highest BCUT2D eigenvalue weighted by Gasteiger charge is 2.36. The number of hydrogen-bond acceptors (Lipinski definition) is 6. The number of rotatable bonds is 8. The van der Waals surface area contributed by atoms with Gasteiger partial charge in [0, 0.05) is 36.9 Å². The lowest BCUT2D eigenvalue weighted by Crippen LogP contribution is -2.43. The van der Waals surface area contributed by atoms with Crippen LogP contribution < -0.4 is 10.6 Å². The van der Waals surface area contributed by atoms with Crippen molar-refractivity contribution in [3.8, 4) is 0 Å². The normalized spacial score (nSPS) is 17.5. The molecule has 0 aliphatic carbocycles. The Morgan fingerprint density at radius 3 is 1.40 bits per heavy atom. The van der Waals surface area contributed by atoms with Gasteiger partial charge in [0.05, 0.1) is 0 Å². The van der Waals surface area contributed by atoms with Crippen molar-refractivity contribution in [1.82, 2.24) is 19.8 Å². The minimum atomic E-state index is -0.540. The van der Waals surface area contributed by atoms with Crippen molar-refractivity contribution >= 4 is 47.2 Å². The van der Waals surface area contributed by atoms with Crippen LogP contribution >= 0.6 is 0 Å². The number of likely N-dealkylation sites (tertiary alicyclic amines) is 2. The predicted octanol–water partition coefficient (Wildman–Crippen LogP) is 5.75. The summed E-state index contributed by atoms with van der Waals surface area (Å²) in [5.74, 6) is -0.851. The molecule has 0 radical (unpaired) electrons. The first-order valence-corrected chi connectivity index (χ1v) is 16.2. The minimum Gasteiger partial charge on any atom is -0.325 e. The first kappa shape index (κ1) is 32.3. The Morgan fingerprint density at radius 2 is 1.02 bits per heavy atom. The highest BCUT2D eigenvalue weighted by molar-refractivity contribution is 6.02. The molecular weight excluding hydrogens is 604 g/mol. The highest BCUT2D eigenvalue weighted by atomic mass is 16.2. The lowest BCUT2D eigenvalue weighted by atomic mass is 10.1. The van der Waals surface area contributed by atoms with Crippen molar-refractivity contribution in [3.05, 3.63) is 119 Å². The molecule has 0 saturated carbocycles. The van der Waals surface area contributed by atoms with E-state index in [0.29, 0.717) is 48.7 Å². The number of pyridine rings is 2. The summed E-state index contributed by atoms with van der Waals surface area (Å²) in [4.78, 5) is 64.2. The number of hydrogen-bond donors (Lipinski definition) is 2. The van der Waals surface area contributed by atoms with E-state index in [-0.39, 0.29) is 23.6 Å². The lowest BCUT2D eigenvalue weighted by molar-refractivity contribution is -0.120. The predicted molar refractivity (Wildman–Crippen MR) is 185 cm³/mol. The highest BCUT2D eigenvalue weighted by Crippen LogP contribution is 2.24. The summed E-state index contributed by atoms with van der Waals surface area (Å²) < 4.78 is 0. The van der Waals surface area contributed by atoms with Gasteiger partial charge in [-0.2, -0.15) is 0 Å². The van der Waals surface area contributed by atoms with E-state index >= 15 is 0 Å². The minimum absolute atomic E-state index is 0.208. The summed E-state index contributed by atoms with van der Waals surface area (Å²) in [6, 6.07) is 21.2. The molecule has 2 aromatic carbocycles. The van der Waals surface area contributed by atoms with Gasteiger partial charge in [0.2, 0.25) is 11.8 Å². The largest absolute Gasteiger partial charge is 0.325 e. The molecule has 2 aliphatic rings. The first-order chi connectivity index (χ1) is 23.3. The van der Waals surface area contributed by atoms with Crippen LogP contribution in [0.25, 0.3) is 12.2 Å². The van der Waals surface area contributed by atoms with Crippen molar-refractivity contribution in [2.45, 2.75) is 51.6 Å². The summed E-state index contributed by atoms with van der Waals surface area (Å²) >= 11 is 0. The molecule has 2 atom stereocenters. The molecule has 4 aromatic rings. The van der Waals surface area contributed by atoms with Crippen LogP contribution in [0.5, 0.6) is 0 Å². The maximum atomic E-state index is 13.1. The molecule has 4 heterocycles. The van der Waals surface area contributed by atoms with E-state index in [1.807, 2.05) is 86.7 Å². The number of aromatic nitrogens is 2. The summed E-state index contributed by atoms with van der Waals surface area (Å²) in [6.45, 7) is 4.74. The van der Waals surface area contributed by atoms with E-state index in [1.165, 1.54) is 0 Å². The molecule has 244 valence electrons. The van der Waals surface area contributed by atoms with E-state index in [4.69, 9.17) is 0 Å². The SMILES string of the molecule is Cc1cccnc1C(=O)N1CCC[C@H]1C(=O)Nc1ccc(/C=C/c2ccc(NC(=O)[C@@H]3CCCN3C(=O)c3ncccc3C)cc2)cc1. The monoisotopic (exact) mass is 642 g/mol. The van der Waals surface area contributed by atoms with Gasteiger partial charge in [-0.15, -0.1) is 0 Å². The Labute approximate surface area is 279 Å². The fourth-order valence-electron chi connectivity index (χ4n) is 6.25. The van der Waals surface area contributed by atoms with Crippen LogP contribution in [0.2, 0.25) is 0 Å². The zero-order valence-electron chi connectivity index (χ0n) is 27.1. The van der Waals surface area contributed by atoms with Gasteiger partial charge in [0.15, 0.2) is 0 Å². The summed E-state index contributed by atoms with van der Waals surface area (Å²) in [7, 11) is 0. The van der Waals surface area contributed by atoms with Crippen LogP contribution in [0.15, 0.2) is 85.2 Å². The van der Waals surface area contributed by atoms with Gasteiger partial charge >= 0.3 is 0 Å². The first-order valence-electron chi connectivity index (χ1n) is 16.2. The number of amides is 4. The van der Waals surface area contributed by atoms with Gasteiger partial charge < -0.3 is 20.4 Å². The third-order valence-electron chi connectivity index (χ3n) is 8.88. The third-order valence-corrected chi connectivity index (χ3v) is 8.88. The Morgan fingerprint density at radius 1 is 0.625 bits per heavy atom. The van der Waals surface area contributed by atoms with Gasteiger partial charge in [-0.25, -0.2) is 0 Å². The standard InChI is InChI=1S/C38H38N6O4/c1-25-7-3-21-39-33(25)37(47)43-23-5-9-31(43)35(45)41-29-17-13-27(14-18-29)11-12-28-15-19-30(20-16-28)42-36(46)32-10-6-24-44(32)38(48)34-26(2)8-4-22-40-34/h3-4,7-8,11-22,31-32H,5-6,9-10,23-24H2,1-2H3,(H,41,45)(H,42,46)/b12-11+/t31-,32-/m0/s1. The number of aryl methyl sites for hydroxylation is 2. The Bertz CT molecular complexity index is 1720. The van der Waals surface area contributed by atoms with Crippen LogP contribution in [0.3, 0.4) is 0 Å². The van der Waals surface area contributed by atoms with E-state index in [1.54, 1.807) is 34.3 Å². The molecular formula is C38H38N6O4. The lowest BCUT2D eigenvalue weighted by Gasteiger charge is -2.24. The molecule has 48 heavy (non-hydrogen) atoms. The molecule has 2 aromatic heterocycles. The number of carbonyl (C=O) groups is 4. The molecule has 2 aliphatic heterocycles. The fourth-order valence-corrected chi connectivity index (χ4v) is 6.25. The van der Waals surface area contributed by atoms with E-state index < -0.39 is 12.1 Å². The average Bonchev–Trinajstić information content (AvgIpc) is 3.80. The molecule has 2 N–H and O–H groups in total. The molecule has 0 unspecified atom stereocenters. The van der Waals surface area contributed by atoms with Crippen LogP contribution in [-0.2, 0) is 9.59 Å². The Hall–Kier alpha value is -5.64. The molecule has 10 nitrogen and oxygen atoms in total. The zero-order chi connectivity index (χ0) is 33.6. The number of benzene rings is 2. The number of nitrogens with one attached hydrogen (secondary N) is 2. The molecule has 6 rings (SSSR count). The molecule has 0 spiro atoms. The topological polar surface area (TPSA) is 125 Å².